The highest BCUT2D eigenvalue weighted by molar-refractivity contribution is 5.71. The van der Waals surface area contributed by atoms with Gasteiger partial charge < -0.3 is 28.4 Å². The molecule has 5 rings (SSSR count). The Hall–Kier alpha value is -3.07. The number of hydrogen-bond acceptors (Lipinski definition) is 7. The molecular formula is C29H30O7. The summed E-state index contributed by atoms with van der Waals surface area (Å²) in [6.07, 6.45) is -3.16. The van der Waals surface area contributed by atoms with Gasteiger partial charge in [-0.3, -0.25) is 0 Å². The average molecular weight is 491 g/mol. The first-order chi connectivity index (χ1) is 17.8. The molecule has 0 aromatic heterocycles. The molecule has 0 aliphatic carbocycles. The molecule has 7 nitrogen and oxygen atoms in total. The first-order valence-electron chi connectivity index (χ1n) is 12.2. The number of fused-ring (bicyclic) bond motifs is 1. The number of ether oxygens (including phenoxy) is 6. The average Bonchev–Trinajstić information content (AvgIpc) is 2.93. The summed E-state index contributed by atoms with van der Waals surface area (Å²) in [4.78, 5) is 12.1. The second-order valence-electron chi connectivity index (χ2n) is 8.83. The van der Waals surface area contributed by atoms with Gasteiger partial charge >= 0.3 is 5.97 Å². The van der Waals surface area contributed by atoms with E-state index in [1.165, 1.54) is 0 Å². The van der Waals surface area contributed by atoms with Crippen molar-refractivity contribution in [1.82, 2.24) is 0 Å². The lowest BCUT2D eigenvalue weighted by atomic mass is 9.97. The lowest BCUT2D eigenvalue weighted by molar-refractivity contribution is -0.335. The molecule has 0 N–H and O–H groups in total. The van der Waals surface area contributed by atoms with Crippen molar-refractivity contribution in [2.75, 3.05) is 13.2 Å². The van der Waals surface area contributed by atoms with Gasteiger partial charge in [-0.25, -0.2) is 4.79 Å². The van der Waals surface area contributed by atoms with Gasteiger partial charge in [0.15, 0.2) is 12.4 Å². The van der Waals surface area contributed by atoms with Gasteiger partial charge in [0.25, 0.3) is 0 Å². The van der Waals surface area contributed by atoms with E-state index in [2.05, 4.69) is 0 Å². The predicted octanol–water partition coefficient (Wildman–Crippen LogP) is 4.04. The zero-order valence-electron chi connectivity index (χ0n) is 19.9. The lowest BCUT2D eigenvalue weighted by Gasteiger charge is -2.46. The van der Waals surface area contributed by atoms with Crippen LogP contribution in [0.4, 0.5) is 0 Å². The topological polar surface area (TPSA) is 72.5 Å². The molecule has 0 saturated carbocycles. The van der Waals surface area contributed by atoms with E-state index in [1.54, 1.807) is 0 Å². The Bertz CT molecular complexity index is 1080. The molecule has 2 saturated heterocycles. The maximum absolute atomic E-state index is 12.1. The van der Waals surface area contributed by atoms with E-state index >= 15 is 0 Å². The number of hydrogen-bond donors (Lipinski definition) is 0. The van der Waals surface area contributed by atoms with Crippen LogP contribution in [0.3, 0.4) is 0 Å². The zero-order chi connectivity index (χ0) is 24.6. The van der Waals surface area contributed by atoms with E-state index in [0.29, 0.717) is 19.8 Å². The van der Waals surface area contributed by atoms with Crippen molar-refractivity contribution in [3.05, 3.63) is 108 Å². The van der Waals surface area contributed by atoms with E-state index < -0.39 is 36.7 Å². The predicted molar refractivity (Wildman–Crippen MR) is 131 cm³/mol. The Balaban J connectivity index is 1.35. The third kappa shape index (κ3) is 6.37. The maximum atomic E-state index is 12.1. The van der Waals surface area contributed by atoms with E-state index in [0.717, 1.165) is 16.7 Å². The molecule has 0 bridgehead atoms. The molecule has 0 unspecified atom stereocenters. The van der Waals surface area contributed by atoms with Crippen molar-refractivity contribution < 1.29 is 33.2 Å². The van der Waals surface area contributed by atoms with Crippen LogP contribution >= 0.6 is 0 Å². The summed E-state index contributed by atoms with van der Waals surface area (Å²) in [5, 5.41) is 0. The molecule has 0 radical (unpaired) electrons. The Morgan fingerprint density at radius 3 is 1.81 bits per heavy atom. The standard InChI is InChI=1S/C29H30O7/c30-25-20-34-29-28(36-25)27(33-18-23-14-8-3-9-15-23)26(32-17-22-12-6-2-7-13-22)24(35-29)19-31-16-21-10-4-1-5-11-21/h1-15,24,26-29H,16-20H2/t24-,26-,27+,28-,29+/m1/s1. The first kappa shape index (κ1) is 24.6. The Morgan fingerprint density at radius 1 is 0.694 bits per heavy atom. The van der Waals surface area contributed by atoms with Gasteiger partial charge in [-0.2, -0.15) is 0 Å². The fourth-order valence-electron chi connectivity index (χ4n) is 4.40. The molecule has 0 amide bonds. The van der Waals surface area contributed by atoms with Gasteiger partial charge in [0.05, 0.1) is 26.4 Å². The number of rotatable bonds is 10. The van der Waals surface area contributed by atoms with Crippen molar-refractivity contribution in [2.24, 2.45) is 0 Å². The molecule has 3 aromatic rings. The van der Waals surface area contributed by atoms with Crippen molar-refractivity contribution >= 4 is 5.97 Å². The molecular weight excluding hydrogens is 460 g/mol. The zero-order valence-corrected chi connectivity index (χ0v) is 19.9. The highest BCUT2D eigenvalue weighted by atomic mass is 16.8. The SMILES string of the molecule is O=C1CO[C@H]2O[C@H](COCc3ccccc3)[C@@H](OCc3ccccc3)[C@H](OCc3ccccc3)[C@H]2O1. The quantitative estimate of drug-likeness (QED) is 0.397. The summed E-state index contributed by atoms with van der Waals surface area (Å²) in [5.41, 5.74) is 3.08. The number of carbonyl (C=O) groups excluding carboxylic acids is 1. The summed E-state index contributed by atoms with van der Waals surface area (Å²) >= 11 is 0. The van der Waals surface area contributed by atoms with Crippen molar-refractivity contribution in [3.8, 4) is 0 Å². The second kappa shape index (κ2) is 12.3. The Kier molecular flexibility index (Phi) is 8.38. The molecule has 3 aromatic carbocycles. The number of carbonyl (C=O) groups is 1. The Morgan fingerprint density at radius 2 is 1.22 bits per heavy atom. The number of esters is 1. The lowest BCUT2D eigenvalue weighted by Crippen LogP contribution is -2.64. The van der Waals surface area contributed by atoms with Crippen LogP contribution in [0, 0.1) is 0 Å². The third-order valence-corrected chi connectivity index (χ3v) is 6.19. The van der Waals surface area contributed by atoms with Crippen LogP contribution in [0.5, 0.6) is 0 Å². The molecule has 0 spiro atoms. The first-order valence-corrected chi connectivity index (χ1v) is 12.2. The fourth-order valence-corrected chi connectivity index (χ4v) is 4.40. The fraction of sp³-hybridized carbons (Fsp3) is 0.345. The minimum atomic E-state index is -0.759. The van der Waals surface area contributed by atoms with Crippen LogP contribution in [-0.2, 0) is 53.0 Å². The van der Waals surface area contributed by atoms with Crippen LogP contribution in [0.1, 0.15) is 16.7 Å². The summed E-state index contributed by atoms with van der Waals surface area (Å²) in [6.45, 7) is 1.21. The van der Waals surface area contributed by atoms with Gasteiger partial charge in [0.2, 0.25) is 0 Å². The van der Waals surface area contributed by atoms with Crippen molar-refractivity contribution in [1.29, 1.82) is 0 Å². The molecule has 36 heavy (non-hydrogen) atoms. The molecule has 2 heterocycles. The van der Waals surface area contributed by atoms with Gasteiger partial charge in [-0.15, -0.1) is 0 Å². The normalized spacial score (nSPS) is 25.7. The van der Waals surface area contributed by atoms with Gasteiger partial charge in [0.1, 0.15) is 24.9 Å². The van der Waals surface area contributed by atoms with Crippen LogP contribution in [-0.4, -0.2) is 49.9 Å². The van der Waals surface area contributed by atoms with E-state index in [1.807, 2.05) is 91.0 Å². The van der Waals surface area contributed by atoms with Gasteiger partial charge in [0, 0.05) is 0 Å². The smallest absolute Gasteiger partial charge is 0.332 e. The van der Waals surface area contributed by atoms with Crippen LogP contribution < -0.4 is 0 Å². The largest absolute Gasteiger partial charge is 0.452 e. The third-order valence-electron chi connectivity index (χ3n) is 6.19. The van der Waals surface area contributed by atoms with E-state index in [-0.39, 0.29) is 13.2 Å². The molecule has 2 fully saturated rings. The van der Waals surface area contributed by atoms with Crippen LogP contribution in [0.2, 0.25) is 0 Å². The van der Waals surface area contributed by atoms with Crippen molar-refractivity contribution in [2.45, 2.75) is 50.5 Å². The highest BCUT2D eigenvalue weighted by Gasteiger charge is 2.52. The molecule has 2 aliphatic heterocycles. The summed E-state index contributed by atoms with van der Waals surface area (Å²) in [5.74, 6) is -0.450. The van der Waals surface area contributed by atoms with Crippen molar-refractivity contribution in [3.63, 3.8) is 0 Å². The molecule has 5 atom stereocenters. The summed E-state index contributed by atoms with van der Waals surface area (Å²) in [7, 11) is 0. The van der Waals surface area contributed by atoms with E-state index in [4.69, 9.17) is 28.4 Å². The minimum Gasteiger partial charge on any atom is -0.452 e. The number of benzene rings is 3. The van der Waals surface area contributed by atoms with Crippen LogP contribution in [0.25, 0.3) is 0 Å². The second-order valence-corrected chi connectivity index (χ2v) is 8.83. The summed E-state index contributed by atoms with van der Waals surface area (Å²) < 4.78 is 36.4. The maximum Gasteiger partial charge on any atom is 0.332 e. The molecule has 7 heteroatoms. The minimum absolute atomic E-state index is 0.167. The Labute approximate surface area is 210 Å². The molecule has 188 valence electrons. The monoisotopic (exact) mass is 490 g/mol. The van der Waals surface area contributed by atoms with Gasteiger partial charge in [-0.1, -0.05) is 91.0 Å². The van der Waals surface area contributed by atoms with Gasteiger partial charge in [-0.05, 0) is 16.7 Å². The highest BCUT2D eigenvalue weighted by Crippen LogP contribution is 2.32. The van der Waals surface area contributed by atoms with Crippen LogP contribution in [0.15, 0.2) is 91.0 Å². The molecule has 2 aliphatic rings. The van der Waals surface area contributed by atoms with E-state index in [9.17, 15) is 4.79 Å². The summed E-state index contributed by atoms with van der Waals surface area (Å²) in [6, 6.07) is 29.7.